The maximum atomic E-state index is 9.77. The summed E-state index contributed by atoms with van der Waals surface area (Å²) in [6.07, 6.45) is 3.11. The van der Waals surface area contributed by atoms with Crippen LogP contribution in [0, 0.1) is 5.41 Å². The summed E-state index contributed by atoms with van der Waals surface area (Å²) >= 11 is 0. The highest BCUT2D eigenvalue weighted by atomic mass is 16.5. The summed E-state index contributed by atoms with van der Waals surface area (Å²) < 4.78 is 5.35. The fourth-order valence-electron chi connectivity index (χ4n) is 2.99. The molecule has 1 unspecified atom stereocenters. The standard InChI is InChI=1S/C15H23NO2/c1-14(2)8-9-15(10-14,11-17)16-12-6-4-5-7-13(12)18-3/h4-7,16-17H,8-11H2,1-3H3. The zero-order chi connectivity index (χ0) is 13.2. The molecule has 0 aromatic heterocycles. The molecule has 0 bridgehead atoms. The van der Waals surface area contributed by atoms with Crippen LogP contribution in [0.5, 0.6) is 5.75 Å². The largest absolute Gasteiger partial charge is 0.495 e. The summed E-state index contributed by atoms with van der Waals surface area (Å²) in [5, 5.41) is 13.3. The third-order valence-corrected chi connectivity index (χ3v) is 3.91. The van der Waals surface area contributed by atoms with Crippen molar-refractivity contribution in [1.29, 1.82) is 0 Å². The lowest BCUT2D eigenvalue weighted by Crippen LogP contribution is -2.40. The van der Waals surface area contributed by atoms with E-state index in [0.29, 0.717) is 0 Å². The van der Waals surface area contributed by atoms with Crippen molar-refractivity contribution in [2.24, 2.45) is 5.41 Å². The van der Waals surface area contributed by atoms with Crippen molar-refractivity contribution in [2.45, 2.75) is 38.6 Å². The number of anilines is 1. The first-order valence-electron chi connectivity index (χ1n) is 6.52. The average molecular weight is 249 g/mol. The highest BCUT2D eigenvalue weighted by Crippen LogP contribution is 2.45. The van der Waals surface area contributed by atoms with Crippen molar-refractivity contribution < 1.29 is 9.84 Å². The van der Waals surface area contributed by atoms with Crippen LogP contribution in [0.3, 0.4) is 0 Å². The number of nitrogens with one attached hydrogen (secondary N) is 1. The van der Waals surface area contributed by atoms with E-state index < -0.39 is 0 Å². The number of hydrogen-bond donors (Lipinski definition) is 2. The summed E-state index contributed by atoms with van der Waals surface area (Å²) in [5.41, 5.74) is 1.04. The Morgan fingerprint density at radius 3 is 2.56 bits per heavy atom. The van der Waals surface area contributed by atoms with Crippen LogP contribution in [-0.4, -0.2) is 24.4 Å². The normalized spacial score (nSPS) is 26.0. The smallest absolute Gasteiger partial charge is 0.141 e. The molecule has 0 radical (unpaired) electrons. The van der Waals surface area contributed by atoms with Crippen LogP contribution < -0.4 is 10.1 Å². The molecule has 0 spiro atoms. The molecular weight excluding hydrogens is 226 g/mol. The fraction of sp³-hybridized carbons (Fsp3) is 0.600. The van der Waals surface area contributed by atoms with E-state index in [2.05, 4.69) is 19.2 Å². The topological polar surface area (TPSA) is 41.5 Å². The number of ether oxygens (including phenoxy) is 1. The average Bonchev–Trinajstić information content (AvgIpc) is 2.66. The molecule has 0 saturated heterocycles. The van der Waals surface area contributed by atoms with Crippen molar-refractivity contribution >= 4 is 5.69 Å². The Morgan fingerprint density at radius 1 is 1.28 bits per heavy atom. The number of aliphatic hydroxyl groups is 1. The van der Waals surface area contributed by atoms with Gasteiger partial charge in [0.25, 0.3) is 0 Å². The van der Waals surface area contributed by atoms with Crippen LogP contribution in [0.25, 0.3) is 0 Å². The molecule has 1 aromatic carbocycles. The van der Waals surface area contributed by atoms with E-state index in [9.17, 15) is 5.11 Å². The first-order chi connectivity index (χ1) is 8.50. The maximum absolute atomic E-state index is 9.77. The predicted octanol–water partition coefficient (Wildman–Crippen LogP) is 3.05. The number of benzene rings is 1. The molecule has 1 fully saturated rings. The van der Waals surface area contributed by atoms with Gasteiger partial charge < -0.3 is 15.2 Å². The van der Waals surface area contributed by atoms with Gasteiger partial charge in [0.05, 0.1) is 24.9 Å². The molecule has 1 atom stereocenters. The minimum Gasteiger partial charge on any atom is -0.495 e. The third-order valence-electron chi connectivity index (χ3n) is 3.91. The number of rotatable bonds is 4. The summed E-state index contributed by atoms with van der Waals surface area (Å²) in [6.45, 7) is 4.68. The molecule has 2 N–H and O–H groups in total. The lowest BCUT2D eigenvalue weighted by Gasteiger charge is -2.32. The van der Waals surface area contributed by atoms with Crippen molar-refractivity contribution in [3.05, 3.63) is 24.3 Å². The Bertz CT molecular complexity index is 417. The minimum atomic E-state index is -0.210. The Kier molecular flexibility index (Phi) is 3.53. The second-order valence-corrected chi connectivity index (χ2v) is 6.10. The molecule has 1 saturated carbocycles. The van der Waals surface area contributed by atoms with E-state index in [4.69, 9.17) is 4.74 Å². The minimum absolute atomic E-state index is 0.161. The second kappa shape index (κ2) is 4.81. The molecule has 3 heteroatoms. The summed E-state index contributed by atoms with van der Waals surface area (Å²) in [6, 6.07) is 7.87. The molecule has 0 amide bonds. The van der Waals surface area contributed by atoms with Gasteiger partial charge in [-0.2, -0.15) is 0 Å². The Balaban J connectivity index is 2.21. The Labute approximate surface area is 109 Å². The van der Waals surface area contributed by atoms with Crippen LogP contribution >= 0.6 is 0 Å². The van der Waals surface area contributed by atoms with Crippen LogP contribution in [0.1, 0.15) is 33.1 Å². The molecule has 100 valence electrons. The van der Waals surface area contributed by atoms with Crippen LogP contribution in [-0.2, 0) is 0 Å². The first kappa shape index (κ1) is 13.2. The van der Waals surface area contributed by atoms with Crippen molar-refractivity contribution in [1.82, 2.24) is 0 Å². The lowest BCUT2D eigenvalue weighted by atomic mass is 9.88. The van der Waals surface area contributed by atoms with E-state index in [1.807, 2.05) is 24.3 Å². The van der Waals surface area contributed by atoms with Crippen molar-refractivity contribution in [3.63, 3.8) is 0 Å². The first-order valence-corrected chi connectivity index (χ1v) is 6.52. The molecule has 1 aliphatic carbocycles. The van der Waals surface area contributed by atoms with Gasteiger partial charge in [0.1, 0.15) is 5.75 Å². The zero-order valence-corrected chi connectivity index (χ0v) is 11.5. The van der Waals surface area contributed by atoms with E-state index >= 15 is 0 Å². The summed E-state index contributed by atoms with van der Waals surface area (Å²) in [4.78, 5) is 0. The van der Waals surface area contributed by atoms with Crippen LogP contribution in [0.2, 0.25) is 0 Å². The summed E-state index contributed by atoms with van der Waals surface area (Å²) in [7, 11) is 1.67. The van der Waals surface area contributed by atoms with E-state index in [1.165, 1.54) is 0 Å². The van der Waals surface area contributed by atoms with Gasteiger partial charge in [0.2, 0.25) is 0 Å². The van der Waals surface area contributed by atoms with Gasteiger partial charge in [0.15, 0.2) is 0 Å². The maximum Gasteiger partial charge on any atom is 0.141 e. The number of para-hydroxylation sites is 2. The van der Waals surface area contributed by atoms with Gasteiger partial charge in [-0.3, -0.25) is 0 Å². The molecule has 0 heterocycles. The van der Waals surface area contributed by atoms with Gasteiger partial charge in [0, 0.05) is 0 Å². The second-order valence-electron chi connectivity index (χ2n) is 6.10. The molecule has 3 nitrogen and oxygen atoms in total. The molecule has 1 aromatic rings. The molecule has 1 aliphatic rings. The third kappa shape index (κ3) is 2.61. The van der Waals surface area contributed by atoms with Gasteiger partial charge in [-0.05, 0) is 36.8 Å². The number of methoxy groups -OCH3 is 1. The predicted molar refractivity (Wildman–Crippen MR) is 74.1 cm³/mol. The van der Waals surface area contributed by atoms with Gasteiger partial charge in [-0.25, -0.2) is 0 Å². The molecule has 0 aliphatic heterocycles. The summed E-state index contributed by atoms with van der Waals surface area (Å²) in [5.74, 6) is 0.829. The van der Waals surface area contributed by atoms with E-state index in [1.54, 1.807) is 7.11 Å². The van der Waals surface area contributed by atoms with Crippen LogP contribution in [0.15, 0.2) is 24.3 Å². The van der Waals surface area contributed by atoms with Crippen molar-refractivity contribution in [2.75, 3.05) is 19.0 Å². The van der Waals surface area contributed by atoms with Gasteiger partial charge in [-0.1, -0.05) is 26.0 Å². The van der Waals surface area contributed by atoms with Gasteiger partial charge >= 0.3 is 0 Å². The SMILES string of the molecule is COc1ccccc1NC1(CO)CCC(C)(C)C1. The quantitative estimate of drug-likeness (QED) is 0.861. The molecule has 2 rings (SSSR count). The highest BCUT2D eigenvalue weighted by Gasteiger charge is 2.43. The van der Waals surface area contributed by atoms with Crippen LogP contribution in [0.4, 0.5) is 5.69 Å². The fourth-order valence-corrected chi connectivity index (χ4v) is 2.99. The molecular formula is C15H23NO2. The Hall–Kier alpha value is -1.22. The number of hydrogen-bond acceptors (Lipinski definition) is 3. The van der Waals surface area contributed by atoms with E-state index in [-0.39, 0.29) is 17.6 Å². The zero-order valence-electron chi connectivity index (χ0n) is 11.5. The Morgan fingerprint density at radius 2 is 2.00 bits per heavy atom. The number of aliphatic hydroxyl groups excluding tert-OH is 1. The highest BCUT2D eigenvalue weighted by molar-refractivity contribution is 5.58. The van der Waals surface area contributed by atoms with E-state index in [0.717, 1.165) is 30.7 Å². The van der Waals surface area contributed by atoms with Gasteiger partial charge in [-0.15, -0.1) is 0 Å². The monoisotopic (exact) mass is 249 g/mol. The molecule has 18 heavy (non-hydrogen) atoms. The lowest BCUT2D eigenvalue weighted by molar-refractivity contribution is 0.201. The van der Waals surface area contributed by atoms with Crippen molar-refractivity contribution in [3.8, 4) is 5.75 Å².